The molecule has 1 aliphatic rings. The number of carbonyl (C=O) groups is 2. The molecule has 2 aromatic rings. The number of amides is 2. The summed E-state index contributed by atoms with van der Waals surface area (Å²) in [6, 6.07) is 3.56. The van der Waals surface area contributed by atoms with Crippen molar-refractivity contribution in [3.63, 3.8) is 0 Å². The zero-order chi connectivity index (χ0) is 20.1. The van der Waals surface area contributed by atoms with Crippen LogP contribution in [-0.2, 0) is 4.79 Å². The number of nitrogens with zero attached hydrogens (tertiary/aromatic N) is 2. The van der Waals surface area contributed by atoms with E-state index >= 15 is 0 Å². The monoisotopic (exact) mass is 451 g/mol. The SMILES string of the molecule is COc1cc(-c2n[nH]nc2C(N)=O)cc(Br)c1OCC(=O)NC1CCCCC1. The van der Waals surface area contributed by atoms with Crippen LogP contribution < -0.4 is 20.5 Å². The van der Waals surface area contributed by atoms with Gasteiger partial charge in [0.25, 0.3) is 11.8 Å². The summed E-state index contributed by atoms with van der Waals surface area (Å²) < 4.78 is 11.6. The van der Waals surface area contributed by atoms with Gasteiger partial charge in [-0.1, -0.05) is 19.3 Å². The van der Waals surface area contributed by atoms with Gasteiger partial charge in [0.05, 0.1) is 11.6 Å². The minimum atomic E-state index is -0.696. The first-order valence-electron chi connectivity index (χ1n) is 9.00. The Balaban J connectivity index is 1.73. The van der Waals surface area contributed by atoms with E-state index in [1.807, 2.05) is 0 Å². The summed E-state index contributed by atoms with van der Waals surface area (Å²) in [6.45, 7) is -0.124. The van der Waals surface area contributed by atoms with Crippen molar-refractivity contribution < 1.29 is 19.1 Å². The predicted molar refractivity (Wildman–Crippen MR) is 105 cm³/mol. The van der Waals surface area contributed by atoms with Gasteiger partial charge in [-0.25, -0.2) is 0 Å². The molecule has 0 aliphatic heterocycles. The first kappa shape index (κ1) is 20.1. The molecule has 150 valence electrons. The topological polar surface area (TPSA) is 132 Å². The van der Waals surface area contributed by atoms with Crippen LogP contribution in [0.1, 0.15) is 42.6 Å². The summed E-state index contributed by atoms with van der Waals surface area (Å²) in [4.78, 5) is 23.7. The molecule has 2 amide bonds. The van der Waals surface area contributed by atoms with Crippen LogP contribution in [0.15, 0.2) is 16.6 Å². The van der Waals surface area contributed by atoms with Gasteiger partial charge in [0.2, 0.25) is 0 Å². The Morgan fingerprint density at radius 2 is 2.04 bits per heavy atom. The second kappa shape index (κ2) is 9.05. The number of benzene rings is 1. The van der Waals surface area contributed by atoms with E-state index < -0.39 is 5.91 Å². The summed E-state index contributed by atoms with van der Waals surface area (Å²) in [5.41, 5.74) is 6.20. The lowest BCUT2D eigenvalue weighted by Crippen LogP contribution is -2.39. The van der Waals surface area contributed by atoms with Gasteiger partial charge in [-0.15, -0.1) is 0 Å². The van der Waals surface area contributed by atoms with Crippen LogP contribution in [0.5, 0.6) is 11.5 Å². The van der Waals surface area contributed by atoms with Crippen molar-refractivity contribution in [3.8, 4) is 22.8 Å². The molecule has 0 radical (unpaired) electrons. The molecule has 0 saturated heterocycles. The summed E-state index contributed by atoms with van der Waals surface area (Å²) in [7, 11) is 1.48. The molecule has 28 heavy (non-hydrogen) atoms. The Morgan fingerprint density at radius 3 is 2.71 bits per heavy atom. The van der Waals surface area contributed by atoms with Gasteiger partial charge in [-0.2, -0.15) is 15.4 Å². The Hall–Kier alpha value is -2.62. The van der Waals surface area contributed by atoms with Crippen LogP contribution in [0.3, 0.4) is 0 Å². The summed E-state index contributed by atoms with van der Waals surface area (Å²) in [5, 5.41) is 13.1. The zero-order valence-electron chi connectivity index (χ0n) is 15.5. The van der Waals surface area contributed by atoms with Gasteiger partial charge in [0, 0.05) is 11.6 Å². The number of primary amides is 1. The van der Waals surface area contributed by atoms with Crippen LogP contribution in [0, 0.1) is 0 Å². The lowest BCUT2D eigenvalue weighted by Gasteiger charge is -2.23. The molecular weight excluding hydrogens is 430 g/mol. The number of aromatic nitrogens is 3. The average molecular weight is 452 g/mol. The second-order valence-electron chi connectivity index (χ2n) is 6.57. The molecule has 9 nitrogen and oxygen atoms in total. The van der Waals surface area contributed by atoms with E-state index in [0.29, 0.717) is 27.2 Å². The Bertz CT molecular complexity index is 864. The van der Waals surface area contributed by atoms with Crippen LogP contribution in [0.2, 0.25) is 0 Å². The van der Waals surface area contributed by atoms with E-state index in [1.54, 1.807) is 12.1 Å². The minimum absolute atomic E-state index is 0.0227. The maximum atomic E-state index is 12.2. The fourth-order valence-corrected chi connectivity index (χ4v) is 3.81. The Kier molecular flexibility index (Phi) is 6.50. The van der Waals surface area contributed by atoms with Crippen molar-refractivity contribution in [3.05, 3.63) is 22.3 Å². The largest absolute Gasteiger partial charge is 0.493 e. The summed E-state index contributed by atoms with van der Waals surface area (Å²) >= 11 is 3.42. The van der Waals surface area contributed by atoms with E-state index in [1.165, 1.54) is 13.5 Å². The fourth-order valence-electron chi connectivity index (χ4n) is 3.25. The highest BCUT2D eigenvalue weighted by atomic mass is 79.9. The van der Waals surface area contributed by atoms with Gasteiger partial charge >= 0.3 is 0 Å². The standard InChI is InChI=1S/C18H22BrN5O4/c1-27-13-8-10(15-16(18(20)26)23-24-22-15)7-12(19)17(13)28-9-14(25)21-11-5-3-2-4-6-11/h7-8,11H,2-6,9H2,1H3,(H2,20,26)(H,21,25)(H,22,23,24). The quantitative estimate of drug-likeness (QED) is 0.590. The normalized spacial score (nSPS) is 14.5. The fraction of sp³-hybridized carbons (Fsp3) is 0.444. The number of hydrogen-bond acceptors (Lipinski definition) is 6. The third kappa shape index (κ3) is 4.61. The number of hydrogen-bond donors (Lipinski definition) is 3. The van der Waals surface area contributed by atoms with Gasteiger partial charge in [-0.3, -0.25) is 9.59 Å². The molecule has 1 fully saturated rings. The molecule has 0 unspecified atom stereocenters. The number of ether oxygens (including phenoxy) is 2. The van der Waals surface area contributed by atoms with Gasteiger partial charge < -0.3 is 20.5 Å². The van der Waals surface area contributed by atoms with E-state index in [4.69, 9.17) is 15.2 Å². The van der Waals surface area contributed by atoms with Crippen molar-refractivity contribution in [2.75, 3.05) is 13.7 Å². The van der Waals surface area contributed by atoms with E-state index in [0.717, 1.165) is 25.7 Å². The van der Waals surface area contributed by atoms with Crippen LogP contribution >= 0.6 is 15.9 Å². The van der Waals surface area contributed by atoms with Crippen molar-refractivity contribution in [2.24, 2.45) is 5.73 Å². The van der Waals surface area contributed by atoms with Crippen molar-refractivity contribution in [1.82, 2.24) is 20.7 Å². The molecule has 3 rings (SSSR count). The summed E-state index contributed by atoms with van der Waals surface area (Å²) in [6.07, 6.45) is 5.52. The molecule has 0 bridgehead atoms. The van der Waals surface area contributed by atoms with Gasteiger partial charge in [0.1, 0.15) is 5.69 Å². The number of halogens is 1. The average Bonchev–Trinajstić information content (AvgIpc) is 3.17. The van der Waals surface area contributed by atoms with Crippen LogP contribution in [0.25, 0.3) is 11.3 Å². The van der Waals surface area contributed by atoms with E-state index in [9.17, 15) is 9.59 Å². The third-order valence-electron chi connectivity index (χ3n) is 4.60. The molecule has 0 atom stereocenters. The number of carbonyl (C=O) groups excluding carboxylic acids is 2. The Morgan fingerprint density at radius 1 is 1.29 bits per heavy atom. The van der Waals surface area contributed by atoms with Crippen molar-refractivity contribution in [1.29, 1.82) is 0 Å². The molecule has 4 N–H and O–H groups in total. The molecule has 1 heterocycles. The number of aromatic amines is 1. The number of H-pyrrole nitrogens is 1. The lowest BCUT2D eigenvalue weighted by molar-refractivity contribution is -0.124. The smallest absolute Gasteiger partial charge is 0.271 e. The number of nitrogens with one attached hydrogen (secondary N) is 2. The number of methoxy groups -OCH3 is 1. The molecule has 1 saturated carbocycles. The second-order valence-corrected chi connectivity index (χ2v) is 7.42. The number of rotatable bonds is 7. The first-order chi connectivity index (χ1) is 13.5. The van der Waals surface area contributed by atoms with E-state index in [-0.39, 0.29) is 24.2 Å². The first-order valence-corrected chi connectivity index (χ1v) is 9.79. The predicted octanol–water partition coefficient (Wildman–Crippen LogP) is 2.17. The maximum Gasteiger partial charge on any atom is 0.271 e. The molecule has 1 aliphatic carbocycles. The highest BCUT2D eigenvalue weighted by Crippen LogP contribution is 2.39. The molecular formula is C18H22BrN5O4. The van der Waals surface area contributed by atoms with Crippen LogP contribution in [-0.4, -0.2) is 47.0 Å². The van der Waals surface area contributed by atoms with Crippen LogP contribution in [0.4, 0.5) is 0 Å². The molecule has 10 heteroatoms. The molecule has 1 aromatic heterocycles. The van der Waals surface area contributed by atoms with Gasteiger partial charge in [0.15, 0.2) is 23.8 Å². The maximum absolute atomic E-state index is 12.2. The highest BCUT2D eigenvalue weighted by molar-refractivity contribution is 9.10. The zero-order valence-corrected chi connectivity index (χ0v) is 17.0. The van der Waals surface area contributed by atoms with Crippen molar-refractivity contribution >= 4 is 27.7 Å². The Labute approximate surface area is 170 Å². The lowest BCUT2D eigenvalue weighted by atomic mass is 9.95. The van der Waals surface area contributed by atoms with E-state index in [2.05, 4.69) is 36.7 Å². The third-order valence-corrected chi connectivity index (χ3v) is 5.19. The highest BCUT2D eigenvalue weighted by Gasteiger charge is 2.21. The summed E-state index contributed by atoms with van der Waals surface area (Å²) in [5.74, 6) is -0.0987. The van der Waals surface area contributed by atoms with Crippen molar-refractivity contribution in [2.45, 2.75) is 38.1 Å². The molecule has 0 spiro atoms. The molecule has 1 aromatic carbocycles. The van der Waals surface area contributed by atoms with Gasteiger partial charge in [-0.05, 0) is 40.9 Å². The minimum Gasteiger partial charge on any atom is -0.493 e. The number of nitrogens with two attached hydrogens (primary N) is 1.